The van der Waals surface area contributed by atoms with Crippen molar-refractivity contribution in [1.82, 2.24) is 0 Å². The molecule has 0 unspecified atom stereocenters. The Morgan fingerprint density at radius 2 is 1.81 bits per heavy atom. The van der Waals surface area contributed by atoms with Gasteiger partial charge in [0.2, 0.25) is 5.91 Å². The van der Waals surface area contributed by atoms with Crippen molar-refractivity contribution in [2.75, 3.05) is 5.32 Å². The first-order valence-electron chi connectivity index (χ1n) is 6.77. The van der Waals surface area contributed by atoms with Crippen molar-refractivity contribution < 1.29 is 24.6 Å². The topological polar surface area (TPSA) is 104 Å². The summed E-state index contributed by atoms with van der Waals surface area (Å²) in [7, 11) is 0. The van der Waals surface area contributed by atoms with Gasteiger partial charge in [-0.1, -0.05) is 6.42 Å². The van der Waals surface area contributed by atoms with E-state index in [0.29, 0.717) is 24.1 Å². The molecule has 0 radical (unpaired) electrons. The number of carboxylic acids is 2. The fourth-order valence-electron chi connectivity index (χ4n) is 2.73. The monoisotopic (exact) mass is 291 g/mol. The van der Waals surface area contributed by atoms with Crippen molar-refractivity contribution in [2.24, 2.45) is 11.8 Å². The van der Waals surface area contributed by atoms with Gasteiger partial charge in [-0.05, 0) is 43.5 Å². The number of amides is 1. The molecule has 1 fully saturated rings. The number of nitrogens with one attached hydrogen (secondary N) is 1. The molecule has 1 aromatic carbocycles. The summed E-state index contributed by atoms with van der Waals surface area (Å²) in [6.07, 6.45) is 1.81. The van der Waals surface area contributed by atoms with E-state index >= 15 is 0 Å². The number of anilines is 1. The van der Waals surface area contributed by atoms with Gasteiger partial charge in [-0.15, -0.1) is 0 Å². The highest BCUT2D eigenvalue weighted by atomic mass is 16.4. The highest BCUT2D eigenvalue weighted by Crippen LogP contribution is 2.33. The Morgan fingerprint density at radius 1 is 1.14 bits per heavy atom. The van der Waals surface area contributed by atoms with Crippen molar-refractivity contribution in [1.29, 1.82) is 0 Å². The molecule has 0 aliphatic heterocycles. The average Bonchev–Trinajstić information content (AvgIpc) is 2.90. The molecule has 1 amide bonds. The van der Waals surface area contributed by atoms with Gasteiger partial charge in [0, 0.05) is 5.69 Å². The van der Waals surface area contributed by atoms with Crippen LogP contribution >= 0.6 is 0 Å². The lowest BCUT2D eigenvalue weighted by atomic mass is 9.95. The number of benzene rings is 1. The number of aromatic carboxylic acids is 1. The minimum absolute atomic E-state index is 0.148. The van der Waals surface area contributed by atoms with E-state index in [9.17, 15) is 14.4 Å². The molecule has 2 atom stereocenters. The van der Waals surface area contributed by atoms with Crippen LogP contribution in [0.25, 0.3) is 0 Å². The summed E-state index contributed by atoms with van der Waals surface area (Å²) >= 11 is 0. The highest BCUT2D eigenvalue weighted by molar-refractivity contribution is 5.96. The lowest BCUT2D eigenvalue weighted by Crippen LogP contribution is -2.30. The van der Waals surface area contributed by atoms with Crippen molar-refractivity contribution in [2.45, 2.75) is 26.2 Å². The van der Waals surface area contributed by atoms with Crippen molar-refractivity contribution in [3.63, 3.8) is 0 Å². The Labute approximate surface area is 121 Å². The van der Waals surface area contributed by atoms with E-state index in [4.69, 9.17) is 10.2 Å². The molecule has 6 nitrogen and oxygen atoms in total. The summed E-state index contributed by atoms with van der Waals surface area (Å²) in [5, 5.41) is 20.7. The van der Waals surface area contributed by atoms with Crippen LogP contribution in [0, 0.1) is 18.8 Å². The average molecular weight is 291 g/mol. The largest absolute Gasteiger partial charge is 0.481 e. The third-order valence-electron chi connectivity index (χ3n) is 3.90. The van der Waals surface area contributed by atoms with Crippen molar-refractivity contribution in [3.8, 4) is 0 Å². The molecule has 112 valence electrons. The van der Waals surface area contributed by atoms with Crippen LogP contribution in [0.5, 0.6) is 0 Å². The van der Waals surface area contributed by atoms with Crippen LogP contribution in [0.2, 0.25) is 0 Å². The minimum atomic E-state index is -1.03. The number of carbonyl (C=O) groups is 3. The van der Waals surface area contributed by atoms with E-state index in [1.54, 1.807) is 6.92 Å². The number of hydrogen-bond donors (Lipinski definition) is 3. The first-order chi connectivity index (χ1) is 9.90. The van der Waals surface area contributed by atoms with Gasteiger partial charge in [-0.25, -0.2) is 4.79 Å². The Morgan fingerprint density at radius 3 is 2.38 bits per heavy atom. The summed E-state index contributed by atoms with van der Waals surface area (Å²) in [4.78, 5) is 34.2. The maximum Gasteiger partial charge on any atom is 0.335 e. The number of rotatable bonds is 4. The van der Waals surface area contributed by atoms with Crippen LogP contribution in [0.1, 0.15) is 35.2 Å². The molecule has 6 heteroatoms. The van der Waals surface area contributed by atoms with E-state index in [0.717, 1.165) is 6.42 Å². The second-order valence-corrected chi connectivity index (χ2v) is 5.31. The Hall–Kier alpha value is -2.37. The third kappa shape index (κ3) is 3.21. The first-order valence-corrected chi connectivity index (χ1v) is 6.77. The summed E-state index contributed by atoms with van der Waals surface area (Å²) in [5.41, 5.74) is 1.30. The third-order valence-corrected chi connectivity index (χ3v) is 3.90. The molecule has 3 N–H and O–H groups in total. The molecule has 0 aromatic heterocycles. The summed E-state index contributed by atoms with van der Waals surface area (Å²) in [6, 6.07) is 4.41. The zero-order valence-electron chi connectivity index (χ0n) is 11.6. The smallest absolute Gasteiger partial charge is 0.335 e. The van der Waals surface area contributed by atoms with Gasteiger partial charge in [-0.3, -0.25) is 9.59 Å². The van der Waals surface area contributed by atoms with Gasteiger partial charge in [0.1, 0.15) is 0 Å². The highest BCUT2D eigenvalue weighted by Gasteiger charge is 2.37. The lowest BCUT2D eigenvalue weighted by Gasteiger charge is -2.16. The number of aryl methyl sites for hydroxylation is 1. The predicted molar refractivity (Wildman–Crippen MR) is 75.2 cm³/mol. The Bertz CT molecular complexity index is 596. The molecule has 0 bridgehead atoms. The van der Waals surface area contributed by atoms with Crippen molar-refractivity contribution >= 4 is 23.5 Å². The van der Waals surface area contributed by atoms with Crippen LogP contribution in [0.4, 0.5) is 5.69 Å². The van der Waals surface area contributed by atoms with Crippen LogP contribution < -0.4 is 5.32 Å². The van der Waals surface area contributed by atoms with E-state index in [1.807, 2.05) is 0 Å². The molecule has 1 saturated carbocycles. The van der Waals surface area contributed by atoms with Crippen LogP contribution in [0.3, 0.4) is 0 Å². The normalized spacial score (nSPS) is 21.0. The van der Waals surface area contributed by atoms with E-state index in [2.05, 4.69) is 5.32 Å². The minimum Gasteiger partial charge on any atom is -0.481 e. The Kier molecular flexibility index (Phi) is 4.26. The summed E-state index contributed by atoms with van der Waals surface area (Å²) in [6.45, 7) is 1.70. The van der Waals surface area contributed by atoms with Gasteiger partial charge >= 0.3 is 11.9 Å². The van der Waals surface area contributed by atoms with Crippen LogP contribution in [-0.4, -0.2) is 28.1 Å². The van der Waals surface area contributed by atoms with Gasteiger partial charge in [0.05, 0.1) is 17.4 Å². The van der Waals surface area contributed by atoms with E-state index in [1.165, 1.54) is 18.2 Å². The molecule has 1 aromatic rings. The van der Waals surface area contributed by atoms with Crippen LogP contribution in [0.15, 0.2) is 18.2 Å². The second kappa shape index (κ2) is 5.95. The second-order valence-electron chi connectivity index (χ2n) is 5.31. The summed E-state index contributed by atoms with van der Waals surface area (Å²) < 4.78 is 0. The van der Waals surface area contributed by atoms with E-state index < -0.39 is 23.8 Å². The van der Waals surface area contributed by atoms with Crippen LogP contribution in [-0.2, 0) is 9.59 Å². The molecule has 2 rings (SSSR count). The van der Waals surface area contributed by atoms with Crippen molar-refractivity contribution in [3.05, 3.63) is 29.3 Å². The van der Waals surface area contributed by atoms with Gasteiger partial charge in [0.15, 0.2) is 0 Å². The number of hydrogen-bond acceptors (Lipinski definition) is 3. The molecule has 21 heavy (non-hydrogen) atoms. The van der Waals surface area contributed by atoms with Gasteiger partial charge < -0.3 is 15.5 Å². The molecule has 0 heterocycles. The van der Waals surface area contributed by atoms with E-state index in [-0.39, 0.29) is 11.5 Å². The van der Waals surface area contributed by atoms with Gasteiger partial charge in [0.25, 0.3) is 0 Å². The van der Waals surface area contributed by atoms with Gasteiger partial charge in [-0.2, -0.15) is 0 Å². The molecular formula is C15H17NO5. The molecule has 1 aliphatic carbocycles. The lowest BCUT2D eigenvalue weighted by molar-refractivity contribution is -0.145. The predicted octanol–water partition coefficient (Wildman–Crippen LogP) is 2.13. The molecule has 0 saturated heterocycles. The number of aliphatic carboxylic acids is 1. The fraction of sp³-hybridized carbons (Fsp3) is 0.400. The summed E-state index contributed by atoms with van der Waals surface area (Å²) in [5.74, 6) is -3.45. The zero-order chi connectivity index (χ0) is 15.6. The zero-order valence-corrected chi connectivity index (χ0v) is 11.6. The number of carbonyl (C=O) groups excluding carboxylic acids is 1. The molecule has 0 spiro atoms. The number of carboxylic acid groups (broad SMARTS) is 2. The maximum atomic E-state index is 12.2. The first kappa shape index (κ1) is 15.0. The fourth-order valence-corrected chi connectivity index (χ4v) is 2.73. The SMILES string of the molecule is Cc1cc(C(=O)O)ccc1NC(=O)[C@@H]1CCC[C@@H]1C(=O)O. The Balaban J connectivity index is 2.13. The molecule has 1 aliphatic rings. The molecular weight excluding hydrogens is 274 g/mol. The quantitative estimate of drug-likeness (QED) is 0.788. The maximum absolute atomic E-state index is 12.2. The standard InChI is InChI=1S/C15H17NO5/c1-8-7-9(14(18)19)5-6-12(8)16-13(17)10-3-2-4-11(10)15(20)21/h5-7,10-11H,2-4H2,1H3,(H,16,17)(H,18,19)(H,20,21)/t10-,11+/m1/s1.